The second-order valence-corrected chi connectivity index (χ2v) is 10.2. The first-order chi connectivity index (χ1) is 16.6. The Hall–Kier alpha value is -2.82. The van der Waals surface area contributed by atoms with E-state index in [2.05, 4.69) is 25.5 Å². The summed E-state index contributed by atoms with van der Waals surface area (Å²) in [7, 11) is 0. The average molecular weight is 500 g/mol. The topological polar surface area (TPSA) is 107 Å². The summed E-state index contributed by atoms with van der Waals surface area (Å²) in [6.07, 6.45) is 6.43. The highest BCUT2D eigenvalue weighted by Gasteiger charge is 2.23. The lowest BCUT2D eigenvalue weighted by Gasteiger charge is -2.36. The van der Waals surface area contributed by atoms with Crippen LogP contribution in [0.5, 0.6) is 0 Å². The summed E-state index contributed by atoms with van der Waals surface area (Å²) in [6.45, 7) is 1.53. The number of thiophene rings is 1. The smallest absolute Gasteiger partial charge is 0.231 e. The van der Waals surface area contributed by atoms with Crippen LogP contribution in [0.25, 0.3) is 0 Å². The number of aromatic nitrogens is 2. The van der Waals surface area contributed by atoms with E-state index in [9.17, 15) is 14.7 Å². The van der Waals surface area contributed by atoms with Crippen molar-refractivity contribution in [2.75, 3.05) is 23.4 Å². The van der Waals surface area contributed by atoms with Crippen LogP contribution >= 0.6 is 22.7 Å². The molecule has 8 nitrogen and oxygen atoms in total. The van der Waals surface area contributed by atoms with Crippen molar-refractivity contribution in [3.05, 3.63) is 57.4 Å². The van der Waals surface area contributed by atoms with Gasteiger partial charge in [0.15, 0.2) is 5.13 Å². The molecule has 3 aromatic heterocycles. The maximum absolute atomic E-state index is 12.4. The van der Waals surface area contributed by atoms with E-state index in [4.69, 9.17) is 0 Å². The van der Waals surface area contributed by atoms with Gasteiger partial charge in [0.05, 0.1) is 18.5 Å². The maximum Gasteiger partial charge on any atom is 0.231 e. The van der Waals surface area contributed by atoms with Crippen molar-refractivity contribution in [2.24, 2.45) is 0 Å². The summed E-state index contributed by atoms with van der Waals surface area (Å²) in [5.41, 5.74) is 1.55. The fourth-order valence-electron chi connectivity index (χ4n) is 4.05. The molecule has 3 aromatic rings. The van der Waals surface area contributed by atoms with E-state index >= 15 is 0 Å². The number of hydrogen-bond acceptors (Lipinski definition) is 8. The van der Waals surface area contributed by atoms with Gasteiger partial charge in [0, 0.05) is 42.2 Å². The van der Waals surface area contributed by atoms with Crippen LogP contribution in [0, 0.1) is 0 Å². The molecule has 1 unspecified atom stereocenters. The number of amides is 2. The van der Waals surface area contributed by atoms with E-state index in [0.29, 0.717) is 29.8 Å². The molecule has 1 atom stereocenters. The number of nitrogens with zero attached hydrogens (tertiary/aromatic N) is 3. The number of rotatable bonds is 10. The van der Waals surface area contributed by atoms with Crippen molar-refractivity contribution < 1.29 is 14.7 Å². The van der Waals surface area contributed by atoms with Crippen LogP contribution < -0.4 is 15.5 Å². The zero-order valence-corrected chi connectivity index (χ0v) is 20.5. The Labute approximate surface area is 207 Å². The number of hydrogen-bond donors (Lipinski definition) is 3. The van der Waals surface area contributed by atoms with Crippen LogP contribution in [-0.4, -0.2) is 46.1 Å². The monoisotopic (exact) mass is 499 g/mol. The summed E-state index contributed by atoms with van der Waals surface area (Å²) in [6, 6.07) is 8.15. The molecule has 0 spiro atoms. The third-order valence-electron chi connectivity index (χ3n) is 5.74. The van der Waals surface area contributed by atoms with E-state index in [-0.39, 0.29) is 24.8 Å². The summed E-state index contributed by atoms with van der Waals surface area (Å²) < 4.78 is 0. The SMILES string of the molecule is O=C(Cc1csc(NC(=O)Cc2cccs2)n1)NCc1ccc(N2CCCCC2CCO)nc1. The van der Waals surface area contributed by atoms with E-state index in [1.807, 2.05) is 29.6 Å². The highest BCUT2D eigenvalue weighted by Crippen LogP contribution is 2.25. The molecule has 180 valence electrons. The van der Waals surface area contributed by atoms with Gasteiger partial charge >= 0.3 is 0 Å². The van der Waals surface area contributed by atoms with Crippen molar-refractivity contribution in [1.29, 1.82) is 0 Å². The number of pyridine rings is 1. The molecule has 0 bridgehead atoms. The number of aliphatic hydroxyl groups excluding tert-OH is 1. The molecular formula is C24H29N5O3S2. The second-order valence-electron chi connectivity index (χ2n) is 8.28. The molecule has 4 rings (SSSR count). The zero-order valence-electron chi connectivity index (χ0n) is 18.9. The number of carbonyl (C=O) groups excluding carboxylic acids is 2. The quantitative estimate of drug-likeness (QED) is 0.395. The minimum atomic E-state index is -0.134. The molecule has 1 aliphatic heterocycles. The minimum absolute atomic E-state index is 0.115. The first kappa shape index (κ1) is 24.3. The van der Waals surface area contributed by atoms with Crippen LogP contribution in [-0.2, 0) is 29.0 Å². The van der Waals surface area contributed by atoms with Crippen LogP contribution in [0.1, 0.15) is 41.8 Å². The lowest BCUT2D eigenvalue weighted by atomic mass is 9.99. The van der Waals surface area contributed by atoms with Crippen molar-refractivity contribution in [2.45, 2.75) is 51.1 Å². The Morgan fingerprint density at radius 3 is 2.82 bits per heavy atom. The molecule has 0 aliphatic carbocycles. The molecule has 0 saturated carbocycles. The predicted octanol–water partition coefficient (Wildman–Crippen LogP) is 3.38. The third kappa shape index (κ3) is 6.85. The highest BCUT2D eigenvalue weighted by molar-refractivity contribution is 7.14. The van der Waals surface area contributed by atoms with Gasteiger partial charge < -0.3 is 20.6 Å². The van der Waals surface area contributed by atoms with Gasteiger partial charge in [-0.25, -0.2) is 9.97 Å². The Morgan fingerprint density at radius 2 is 2.06 bits per heavy atom. The normalized spacial score (nSPS) is 15.8. The Kier molecular flexibility index (Phi) is 8.62. The van der Waals surface area contributed by atoms with Gasteiger partial charge in [-0.15, -0.1) is 22.7 Å². The van der Waals surface area contributed by atoms with Gasteiger partial charge in [0.2, 0.25) is 11.8 Å². The highest BCUT2D eigenvalue weighted by atomic mass is 32.1. The summed E-state index contributed by atoms with van der Waals surface area (Å²) >= 11 is 2.86. The Balaban J connectivity index is 1.23. The third-order valence-corrected chi connectivity index (χ3v) is 7.42. The summed E-state index contributed by atoms with van der Waals surface area (Å²) in [5.74, 6) is 0.671. The molecule has 1 saturated heterocycles. The molecule has 10 heteroatoms. The lowest BCUT2D eigenvalue weighted by molar-refractivity contribution is -0.120. The summed E-state index contributed by atoms with van der Waals surface area (Å²) in [5, 5.41) is 19.3. The molecule has 2 amide bonds. The van der Waals surface area contributed by atoms with Crippen LogP contribution in [0.3, 0.4) is 0 Å². The molecule has 1 aliphatic rings. The molecule has 4 heterocycles. The van der Waals surface area contributed by atoms with Crippen molar-refractivity contribution in [3.63, 3.8) is 0 Å². The standard InChI is InChI=1S/C24H29N5O3S2/c30-10-8-19-4-1-2-9-29(19)21-7-6-17(14-25-21)15-26-22(31)12-18-16-34-24(27-18)28-23(32)13-20-5-3-11-33-20/h3,5-7,11,14,16,19,30H,1-2,4,8-10,12-13,15H2,(H,26,31)(H,27,28,32). The van der Waals surface area contributed by atoms with Crippen molar-refractivity contribution in [1.82, 2.24) is 15.3 Å². The largest absolute Gasteiger partial charge is 0.396 e. The molecule has 34 heavy (non-hydrogen) atoms. The van der Waals surface area contributed by atoms with Crippen LogP contribution in [0.2, 0.25) is 0 Å². The first-order valence-electron chi connectivity index (χ1n) is 11.5. The minimum Gasteiger partial charge on any atom is -0.396 e. The molecule has 3 N–H and O–H groups in total. The average Bonchev–Trinajstić information content (AvgIpc) is 3.51. The van der Waals surface area contributed by atoms with E-state index in [1.54, 1.807) is 22.9 Å². The number of nitrogens with one attached hydrogen (secondary N) is 2. The predicted molar refractivity (Wildman–Crippen MR) is 135 cm³/mol. The van der Waals surface area contributed by atoms with Crippen molar-refractivity contribution >= 4 is 45.4 Å². The Bertz CT molecular complexity index is 1070. The molecule has 1 fully saturated rings. The van der Waals surface area contributed by atoms with Crippen molar-refractivity contribution in [3.8, 4) is 0 Å². The second kappa shape index (κ2) is 12.0. The van der Waals surface area contributed by atoms with Gasteiger partial charge in [-0.05, 0) is 48.8 Å². The number of thiazole rings is 1. The summed E-state index contributed by atoms with van der Waals surface area (Å²) in [4.78, 5) is 36.7. The lowest BCUT2D eigenvalue weighted by Crippen LogP contribution is -2.40. The molecule has 0 aromatic carbocycles. The van der Waals surface area contributed by atoms with Gasteiger partial charge in [-0.2, -0.15) is 0 Å². The molecule has 0 radical (unpaired) electrons. The number of carbonyl (C=O) groups is 2. The van der Waals surface area contributed by atoms with Gasteiger partial charge in [0.1, 0.15) is 5.82 Å². The van der Waals surface area contributed by atoms with Gasteiger partial charge in [-0.3, -0.25) is 9.59 Å². The van der Waals surface area contributed by atoms with Gasteiger partial charge in [-0.1, -0.05) is 12.1 Å². The van der Waals surface area contributed by atoms with Gasteiger partial charge in [0.25, 0.3) is 0 Å². The number of aliphatic hydroxyl groups is 1. The number of anilines is 2. The first-order valence-corrected chi connectivity index (χ1v) is 13.2. The van der Waals surface area contributed by atoms with E-state index in [1.165, 1.54) is 17.8 Å². The fourth-order valence-corrected chi connectivity index (χ4v) is 5.48. The van der Waals surface area contributed by atoms with E-state index in [0.717, 1.165) is 42.1 Å². The van der Waals surface area contributed by atoms with E-state index < -0.39 is 0 Å². The fraction of sp³-hybridized carbons (Fsp3) is 0.417. The van der Waals surface area contributed by atoms with Crippen LogP contribution in [0.15, 0.2) is 41.2 Å². The van der Waals surface area contributed by atoms with Crippen LogP contribution in [0.4, 0.5) is 10.9 Å². The molecular weight excluding hydrogens is 470 g/mol. The zero-order chi connectivity index (χ0) is 23.8. The Morgan fingerprint density at radius 1 is 1.15 bits per heavy atom. The maximum atomic E-state index is 12.4. The number of piperidine rings is 1.